The Morgan fingerprint density at radius 1 is 1.00 bits per heavy atom. The standard InChI is InChI=1S/C26H34O7/c1-22(2)15-10-18(29)25(5)14(24(15,4)17(28)11-16(22)27)6-8-23(3)19(13-7-9-31-12-13)32-21(30)20-26(23,25)33-20/h7,9,12,14-16,18-20,27,29H,6,8,10-11H2,1-5H3. The van der Waals surface area contributed by atoms with Crippen LogP contribution in [0, 0.1) is 33.5 Å². The average molecular weight is 459 g/mol. The molecule has 6 rings (SSSR count). The summed E-state index contributed by atoms with van der Waals surface area (Å²) in [5, 5.41) is 22.6. The monoisotopic (exact) mass is 458 g/mol. The first-order valence-electron chi connectivity index (χ1n) is 12.2. The van der Waals surface area contributed by atoms with Crippen molar-refractivity contribution in [2.24, 2.45) is 33.5 Å². The Morgan fingerprint density at radius 3 is 2.39 bits per heavy atom. The van der Waals surface area contributed by atoms with E-state index in [4.69, 9.17) is 13.9 Å². The molecule has 3 aliphatic carbocycles. The minimum Gasteiger partial charge on any atom is -0.472 e. The van der Waals surface area contributed by atoms with E-state index in [1.807, 2.05) is 33.8 Å². The maximum absolute atomic E-state index is 13.6. The molecule has 3 heterocycles. The number of cyclic esters (lactones) is 1. The fourth-order valence-corrected chi connectivity index (χ4v) is 9.22. The van der Waals surface area contributed by atoms with Gasteiger partial charge in [0.25, 0.3) is 0 Å². The zero-order valence-electron chi connectivity index (χ0n) is 20.0. The molecular weight excluding hydrogens is 424 g/mol. The number of ether oxygens (including phenoxy) is 2. The Kier molecular flexibility index (Phi) is 4.03. The summed E-state index contributed by atoms with van der Waals surface area (Å²) in [6.45, 7) is 10.2. The van der Waals surface area contributed by atoms with Crippen molar-refractivity contribution in [3.8, 4) is 0 Å². The second-order valence-electron chi connectivity index (χ2n) is 12.4. The molecule has 5 aliphatic rings. The number of furan rings is 1. The summed E-state index contributed by atoms with van der Waals surface area (Å²) in [4.78, 5) is 26.7. The topological polar surface area (TPSA) is 110 Å². The number of carbonyl (C=O) groups is 2. The van der Waals surface area contributed by atoms with Crippen molar-refractivity contribution in [3.63, 3.8) is 0 Å². The number of epoxide rings is 1. The number of ketones is 1. The van der Waals surface area contributed by atoms with Gasteiger partial charge < -0.3 is 24.1 Å². The fraction of sp³-hybridized carbons (Fsp3) is 0.769. The Labute approximate surface area is 193 Å². The normalized spacial score (nSPS) is 54.4. The highest BCUT2D eigenvalue weighted by atomic mass is 16.7. The van der Waals surface area contributed by atoms with E-state index in [9.17, 15) is 19.8 Å². The molecule has 1 spiro atoms. The van der Waals surface area contributed by atoms with E-state index in [1.165, 1.54) is 0 Å². The predicted molar refractivity (Wildman–Crippen MR) is 116 cm³/mol. The molecule has 10 unspecified atom stereocenters. The molecule has 0 amide bonds. The first kappa shape index (κ1) is 21.8. The molecule has 0 aromatic carbocycles. The number of hydrogen-bond acceptors (Lipinski definition) is 7. The first-order valence-corrected chi connectivity index (χ1v) is 12.2. The lowest BCUT2D eigenvalue weighted by Crippen LogP contribution is -2.74. The van der Waals surface area contributed by atoms with E-state index in [0.29, 0.717) is 19.3 Å². The van der Waals surface area contributed by atoms with Crippen LogP contribution in [-0.2, 0) is 19.1 Å². The Balaban J connectivity index is 1.52. The van der Waals surface area contributed by atoms with Gasteiger partial charge in [-0.1, -0.05) is 34.6 Å². The molecule has 0 radical (unpaired) electrons. The molecular formula is C26H34O7. The summed E-state index contributed by atoms with van der Waals surface area (Å²) in [7, 11) is 0. The van der Waals surface area contributed by atoms with Crippen molar-refractivity contribution in [3.05, 3.63) is 24.2 Å². The second-order valence-corrected chi connectivity index (χ2v) is 12.4. The highest BCUT2D eigenvalue weighted by molar-refractivity contribution is 5.88. The van der Waals surface area contributed by atoms with Crippen molar-refractivity contribution >= 4 is 11.8 Å². The molecule has 2 N–H and O–H groups in total. The molecule has 5 fully saturated rings. The lowest BCUT2D eigenvalue weighted by Gasteiger charge is -2.69. The van der Waals surface area contributed by atoms with Crippen LogP contribution in [0.1, 0.15) is 72.0 Å². The van der Waals surface area contributed by atoms with Gasteiger partial charge in [0, 0.05) is 28.2 Å². The third kappa shape index (κ3) is 2.15. The summed E-state index contributed by atoms with van der Waals surface area (Å²) < 4.78 is 17.6. The maximum atomic E-state index is 13.6. The van der Waals surface area contributed by atoms with Gasteiger partial charge in [0.15, 0.2) is 6.10 Å². The molecule has 2 saturated heterocycles. The molecule has 180 valence electrons. The SMILES string of the molecule is CC1(C)C(O)CC(=O)C2(C)C1CC(O)C1(C)C2CCC2(C)C(c3ccoc3)OC(=O)C3OC321. The van der Waals surface area contributed by atoms with E-state index in [2.05, 4.69) is 6.92 Å². The summed E-state index contributed by atoms with van der Waals surface area (Å²) in [5.74, 6) is -0.685. The van der Waals surface area contributed by atoms with Gasteiger partial charge in [-0.05, 0) is 42.6 Å². The van der Waals surface area contributed by atoms with Crippen LogP contribution in [0.5, 0.6) is 0 Å². The van der Waals surface area contributed by atoms with E-state index in [1.54, 1.807) is 12.5 Å². The van der Waals surface area contributed by atoms with Crippen LogP contribution in [0.4, 0.5) is 0 Å². The molecule has 7 nitrogen and oxygen atoms in total. The third-order valence-electron chi connectivity index (χ3n) is 11.1. The maximum Gasteiger partial charge on any atom is 0.339 e. The minimum atomic E-state index is -0.923. The van der Waals surface area contributed by atoms with Crippen LogP contribution >= 0.6 is 0 Å². The van der Waals surface area contributed by atoms with Crippen LogP contribution in [0.25, 0.3) is 0 Å². The molecule has 3 saturated carbocycles. The Hall–Kier alpha value is -1.70. The van der Waals surface area contributed by atoms with Gasteiger partial charge in [0.2, 0.25) is 0 Å². The van der Waals surface area contributed by atoms with Gasteiger partial charge in [0.1, 0.15) is 17.5 Å². The number of esters is 1. The van der Waals surface area contributed by atoms with Crippen LogP contribution in [0.2, 0.25) is 0 Å². The number of hydrogen-bond donors (Lipinski definition) is 2. The van der Waals surface area contributed by atoms with Crippen molar-refractivity contribution in [2.75, 3.05) is 0 Å². The van der Waals surface area contributed by atoms with Crippen molar-refractivity contribution in [1.82, 2.24) is 0 Å². The average Bonchev–Trinajstić information content (AvgIpc) is 3.32. The van der Waals surface area contributed by atoms with Crippen molar-refractivity contribution < 1.29 is 33.7 Å². The highest BCUT2D eigenvalue weighted by Gasteiger charge is 2.88. The highest BCUT2D eigenvalue weighted by Crippen LogP contribution is 2.79. The second kappa shape index (κ2) is 6.10. The predicted octanol–water partition coefficient (Wildman–Crippen LogP) is 3.18. The fourth-order valence-electron chi connectivity index (χ4n) is 9.22. The first-order chi connectivity index (χ1) is 15.4. The third-order valence-corrected chi connectivity index (χ3v) is 11.1. The quantitative estimate of drug-likeness (QED) is 0.491. The van der Waals surface area contributed by atoms with E-state index in [0.717, 1.165) is 5.56 Å². The molecule has 33 heavy (non-hydrogen) atoms. The Bertz CT molecular complexity index is 1030. The lowest BCUT2D eigenvalue weighted by molar-refractivity contribution is -0.261. The van der Waals surface area contributed by atoms with Crippen molar-refractivity contribution in [2.45, 2.75) is 90.3 Å². The summed E-state index contributed by atoms with van der Waals surface area (Å²) in [6.07, 6.45) is 2.29. The van der Waals surface area contributed by atoms with Gasteiger partial charge >= 0.3 is 5.97 Å². The summed E-state index contributed by atoms with van der Waals surface area (Å²) in [5.41, 5.74) is -2.74. The van der Waals surface area contributed by atoms with Gasteiger partial charge in [-0.15, -0.1) is 0 Å². The van der Waals surface area contributed by atoms with E-state index >= 15 is 0 Å². The largest absolute Gasteiger partial charge is 0.472 e. The van der Waals surface area contributed by atoms with Crippen molar-refractivity contribution in [1.29, 1.82) is 0 Å². The van der Waals surface area contributed by atoms with Gasteiger partial charge in [-0.2, -0.15) is 0 Å². The van der Waals surface area contributed by atoms with Crippen LogP contribution in [0.3, 0.4) is 0 Å². The van der Waals surface area contributed by atoms with Crippen LogP contribution < -0.4 is 0 Å². The molecule has 10 atom stereocenters. The van der Waals surface area contributed by atoms with Crippen LogP contribution in [0.15, 0.2) is 23.0 Å². The Morgan fingerprint density at radius 2 is 1.73 bits per heavy atom. The molecule has 1 aromatic rings. The van der Waals surface area contributed by atoms with Crippen LogP contribution in [-0.4, -0.2) is 45.9 Å². The summed E-state index contributed by atoms with van der Waals surface area (Å²) >= 11 is 0. The van der Waals surface area contributed by atoms with E-state index < -0.39 is 57.6 Å². The number of carbonyl (C=O) groups excluding carboxylic acids is 2. The molecule has 2 aliphatic heterocycles. The van der Waals surface area contributed by atoms with Gasteiger partial charge in [0.05, 0.1) is 24.7 Å². The summed E-state index contributed by atoms with van der Waals surface area (Å²) in [6, 6.07) is 1.82. The minimum absolute atomic E-state index is 0.0597. The van der Waals surface area contributed by atoms with Gasteiger partial charge in [-0.25, -0.2) is 4.79 Å². The number of aliphatic hydroxyl groups is 2. The number of Topliss-reactive ketones (excluding diaryl/α,β-unsaturated/α-hetero) is 1. The number of aliphatic hydroxyl groups excluding tert-OH is 2. The molecule has 1 aromatic heterocycles. The number of fused-ring (bicyclic) bond motifs is 3. The zero-order valence-corrected chi connectivity index (χ0v) is 20.0. The number of rotatable bonds is 1. The zero-order chi connectivity index (χ0) is 23.8. The smallest absolute Gasteiger partial charge is 0.339 e. The molecule has 0 bridgehead atoms. The lowest BCUT2D eigenvalue weighted by atomic mass is 9.34. The van der Waals surface area contributed by atoms with E-state index in [-0.39, 0.29) is 24.0 Å². The van der Waals surface area contributed by atoms with Gasteiger partial charge in [-0.3, -0.25) is 4.79 Å². The molecule has 7 heteroatoms.